The van der Waals surface area contributed by atoms with Crippen LogP contribution >= 0.6 is 0 Å². The number of carbonyl (C=O) groups excluding carboxylic acids is 1. The highest BCUT2D eigenvalue weighted by molar-refractivity contribution is 5.86. The number of carbonyl (C=O) groups is 1. The minimum Gasteiger partial charge on any atom is -0.469 e. The number of hydrogen-bond acceptors (Lipinski definition) is 2. The van der Waals surface area contributed by atoms with Crippen molar-refractivity contribution in [2.75, 3.05) is 7.11 Å². The van der Waals surface area contributed by atoms with Crippen LogP contribution in [0.5, 0.6) is 0 Å². The third-order valence-corrected chi connectivity index (χ3v) is 6.06. The third-order valence-electron chi connectivity index (χ3n) is 6.06. The first-order chi connectivity index (χ1) is 6.33. The van der Waals surface area contributed by atoms with Crippen LogP contribution in [0.3, 0.4) is 0 Å². The molecule has 2 nitrogen and oxygen atoms in total. The van der Waals surface area contributed by atoms with E-state index in [0.717, 1.165) is 41.4 Å². The van der Waals surface area contributed by atoms with E-state index in [9.17, 15) is 4.79 Å². The summed E-state index contributed by atoms with van der Waals surface area (Å²) in [6.07, 6.45) is 1.46. The van der Waals surface area contributed by atoms with Gasteiger partial charge in [0.1, 0.15) is 0 Å². The third kappa shape index (κ3) is 0.311. The molecule has 0 aromatic rings. The van der Waals surface area contributed by atoms with Crippen LogP contribution in [-0.4, -0.2) is 13.1 Å². The molecule has 0 amide bonds. The van der Waals surface area contributed by atoms with Crippen LogP contribution in [0.4, 0.5) is 0 Å². The lowest BCUT2D eigenvalue weighted by molar-refractivity contribution is -0.148. The molecule has 2 unspecified atom stereocenters. The van der Waals surface area contributed by atoms with Crippen molar-refractivity contribution < 1.29 is 9.53 Å². The lowest BCUT2D eigenvalue weighted by Crippen LogP contribution is -2.21. The van der Waals surface area contributed by atoms with Gasteiger partial charge in [-0.3, -0.25) is 4.79 Å². The van der Waals surface area contributed by atoms with E-state index in [0.29, 0.717) is 0 Å². The van der Waals surface area contributed by atoms with E-state index >= 15 is 0 Å². The van der Waals surface area contributed by atoms with E-state index in [1.54, 1.807) is 7.11 Å². The van der Waals surface area contributed by atoms with Crippen LogP contribution in [0.1, 0.15) is 6.42 Å². The Morgan fingerprint density at radius 2 is 1.85 bits per heavy atom. The van der Waals surface area contributed by atoms with Gasteiger partial charge in [-0.05, 0) is 47.8 Å². The predicted molar refractivity (Wildman–Crippen MR) is 43.5 cm³/mol. The van der Waals surface area contributed by atoms with Crippen LogP contribution in [0.25, 0.3) is 0 Å². The molecule has 0 radical (unpaired) electrons. The lowest BCUT2D eigenvalue weighted by atomic mass is 9.98. The Morgan fingerprint density at radius 1 is 1.23 bits per heavy atom. The summed E-state index contributed by atoms with van der Waals surface area (Å²) in [5.41, 5.74) is 0.0949. The van der Waals surface area contributed by atoms with Crippen molar-refractivity contribution in [3.63, 3.8) is 0 Å². The van der Waals surface area contributed by atoms with Crippen LogP contribution in [0.2, 0.25) is 0 Å². The van der Waals surface area contributed by atoms with E-state index in [4.69, 9.17) is 4.74 Å². The van der Waals surface area contributed by atoms with Gasteiger partial charge in [0.2, 0.25) is 0 Å². The molecule has 6 aliphatic rings. The molecule has 8 atom stereocenters. The van der Waals surface area contributed by atoms with Gasteiger partial charge >= 0.3 is 5.97 Å². The van der Waals surface area contributed by atoms with E-state index < -0.39 is 0 Å². The standard InChI is InChI=1S/C11H12O2/c1-13-10(12)11-7-3-2-4(8(7)11)6-5(3)9(6)11/h3-9H,2H2,1H3/t3-,4+,5-,6+,7-,8+,9?,11?. The molecule has 6 saturated carbocycles. The highest BCUT2D eigenvalue weighted by Gasteiger charge is 3.00. The molecule has 0 N–H and O–H groups in total. The first-order valence-corrected chi connectivity index (χ1v) is 5.42. The van der Waals surface area contributed by atoms with Crippen LogP contribution in [0.15, 0.2) is 0 Å². The van der Waals surface area contributed by atoms with Crippen molar-refractivity contribution in [1.82, 2.24) is 0 Å². The molecule has 2 heteroatoms. The van der Waals surface area contributed by atoms with Gasteiger partial charge in [0.05, 0.1) is 12.5 Å². The fourth-order valence-corrected chi connectivity index (χ4v) is 6.23. The van der Waals surface area contributed by atoms with Crippen LogP contribution in [-0.2, 0) is 9.53 Å². The highest BCUT2D eigenvalue weighted by Crippen LogP contribution is 3.00. The zero-order chi connectivity index (χ0) is 8.53. The zero-order valence-corrected chi connectivity index (χ0v) is 7.57. The Kier molecular flexibility index (Phi) is 0.591. The molecule has 68 valence electrons. The summed E-state index contributed by atoms with van der Waals surface area (Å²) in [5.74, 6) is 6.34. The van der Waals surface area contributed by atoms with Crippen molar-refractivity contribution in [3.8, 4) is 0 Å². The molecular formula is C11H12O2. The molecule has 0 aliphatic heterocycles. The van der Waals surface area contributed by atoms with Crippen molar-refractivity contribution in [2.24, 2.45) is 46.8 Å². The molecule has 6 fully saturated rings. The van der Waals surface area contributed by atoms with Gasteiger partial charge in [-0.15, -0.1) is 0 Å². The summed E-state index contributed by atoms with van der Waals surface area (Å²) in [6, 6.07) is 0. The molecule has 0 heterocycles. The lowest BCUT2D eigenvalue weighted by Gasteiger charge is -2.10. The number of methoxy groups -OCH3 is 1. The Balaban J connectivity index is 1.74. The predicted octanol–water partition coefficient (Wildman–Crippen LogP) is 0.917. The smallest absolute Gasteiger partial charge is 0.312 e. The van der Waals surface area contributed by atoms with Crippen molar-refractivity contribution >= 4 is 5.97 Å². The molecule has 0 saturated heterocycles. The second-order valence-electron chi connectivity index (χ2n) is 5.72. The molecule has 0 aromatic carbocycles. The summed E-state index contributed by atoms with van der Waals surface area (Å²) in [6.45, 7) is 0. The Labute approximate surface area is 76.6 Å². The maximum absolute atomic E-state index is 11.8. The van der Waals surface area contributed by atoms with Gasteiger partial charge in [0.25, 0.3) is 0 Å². The first-order valence-electron chi connectivity index (χ1n) is 5.42. The molecule has 6 rings (SSSR count). The Morgan fingerprint density at radius 3 is 2.23 bits per heavy atom. The number of esters is 1. The van der Waals surface area contributed by atoms with E-state index in [-0.39, 0.29) is 11.4 Å². The fourth-order valence-electron chi connectivity index (χ4n) is 6.23. The van der Waals surface area contributed by atoms with Gasteiger partial charge in [0, 0.05) is 0 Å². The summed E-state index contributed by atoms with van der Waals surface area (Å²) >= 11 is 0. The minimum absolute atomic E-state index is 0.0949. The van der Waals surface area contributed by atoms with Gasteiger partial charge in [0.15, 0.2) is 0 Å². The van der Waals surface area contributed by atoms with Gasteiger partial charge < -0.3 is 4.74 Å². The average molecular weight is 176 g/mol. The Bertz CT molecular complexity index is 334. The summed E-state index contributed by atoms with van der Waals surface area (Å²) in [5, 5.41) is 0. The molecule has 2 bridgehead atoms. The monoisotopic (exact) mass is 176 g/mol. The summed E-state index contributed by atoms with van der Waals surface area (Å²) in [7, 11) is 1.56. The van der Waals surface area contributed by atoms with Gasteiger partial charge in [-0.25, -0.2) is 0 Å². The maximum atomic E-state index is 11.8. The average Bonchev–Trinajstić information content (AvgIpc) is 2.92. The van der Waals surface area contributed by atoms with Gasteiger partial charge in [-0.2, -0.15) is 0 Å². The topological polar surface area (TPSA) is 26.3 Å². The van der Waals surface area contributed by atoms with Crippen LogP contribution in [0, 0.1) is 46.8 Å². The van der Waals surface area contributed by atoms with Crippen molar-refractivity contribution in [1.29, 1.82) is 0 Å². The van der Waals surface area contributed by atoms with Gasteiger partial charge in [-0.1, -0.05) is 0 Å². The normalized spacial score (nSPS) is 77.2. The quantitative estimate of drug-likeness (QED) is 0.555. The molecule has 6 aliphatic carbocycles. The number of rotatable bonds is 1. The largest absolute Gasteiger partial charge is 0.469 e. The SMILES string of the molecule is COC(=O)C12C3[C@@H]4[C@H]5C[C@@H]([C@H]34)[C@H]1[C@@H]52. The van der Waals surface area contributed by atoms with E-state index in [1.807, 2.05) is 0 Å². The molecular weight excluding hydrogens is 164 g/mol. The maximum Gasteiger partial charge on any atom is 0.312 e. The molecule has 0 aromatic heterocycles. The zero-order valence-electron chi connectivity index (χ0n) is 7.57. The number of hydrogen-bond donors (Lipinski definition) is 0. The Hall–Kier alpha value is -0.530. The molecule has 13 heavy (non-hydrogen) atoms. The number of ether oxygens (including phenoxy) is 1. The fraction of sp³-hybridized carbons (Fsp3) is 0.909. The second kappa shape index (κ2) is 1.27. The second-order valence-corrected chi connectivity index (χ2v) is 5.72. The minimum atomic E-state index is 0.0949. The first kappa shape index (κ1) is 6.05. The summed E-state index contributed by atoms with van der Waals surface area (Å²) in [4.78, 5) is 11.8. The summed E-state index contributed by atoms with van der Waals surface area (Å²) < 4.78 is 5.00. The van der Waals surface area contributed by atoms with Crippen molar-refractivity contribution in [2.45, 2.75) is 6.42 Å². The molecule has 0 spiro atoms. The van der Waals surface area contributed by atoms with Crippen LogP contribution < -0.4 is 0 Å². The van der Waals surface area contributed by atoms with Crippen molar-refractivity contribution in [3.05, 3.63) is 0 Å². The highest BCUT2D eigenvalue weighted by atomic mass is 16.5. The van der Waals surface area contributed by atoms with E-state index in [1.165, 1.54) is 6.42 Å². The van der Waals surface area contributed by atoms with E-state index in [2.05, 4.69) is 0 Å².